The lowest BCUT2D eigenvalue weighted by atomic mass is 9.97. The monoisotopic (exact) mass is 413 g/mol. The second-order valence-corrected chi connectivity index (χ2v) is 8.21. The van der Waals surface area contributed by atoms with Crippen LogP contribution in [0.5, 0.6) is 0 Å². The summed E-state index contributed by atoms with van der Waals surface area (Å²) in [5.41, 5.74) is 8.50. The zero-order valence-corrected chi connectivity index (χ0v) is 18.0. The second kappa shape index (κ2) is 8.47. The van der Waals surface area contributed by atoms with Gasteiger partial charge in [0.25, 0.3) is 0 Å². The molecular formula is C25H27N5O. The fraction of sp³-hybridized carbons (Fsp3) is 0.320. The summed E-state index contributed by atoms with van der Waals surface area (Å²) in [6.07, 6.45) is 6.93. The van der Waals surface area contributed by atoms with E-state index in [4.69, 9.17) is 9.73 Å². The van der Waals surface area contributed by atoms with E-state index in [0.717, 1.165) is 72.2 Å². The number of benzene rings is 1. The van der Waals surface area contributed by atoms with Crippen molar-refractivity contribution in [3.63, 3.8) is 0 Å². The fourth-order valence-electron chi connectivity index (χ4n) is 4.08. The smallest absolute Gasteiger partial charge is 0.0909 e. The van der Waals surface area contributed by atoms with Crippen molar-refractivity contribution in [1.82, 2.24) is 15.2 Å². The van der Waals surface area contributed by atoms with Crippen molar-refractivity contribution >= 4 is 17.1 Å². The second-order valence-electron chi connectivity index (χ2n) is 8.21. The van der Waals surface area contributed by atoms with Gasteiger partial charge in [-0.3, -0.25) is 15.1 Å². The van der Waals surface area contributed by atoms with Gasteiger partial charge in [0.1, 0.15) is 0 Å². The molecule has 3 aromatic rings. The molecule has 5 rings (SSSR count). The molecule has 31 heavy (non-hydrogen) atoms. The number of aliphatic imine (C=N–C) groups is 1. The number of nitrogens with zero attached hydrogens (tertiary/aromatic N) is 4. The molecule has 4 heterocycles. The van der Waals surface area contributed by atoms with Crippen LogP contribution in [0.15, 0.2) is 59.9 Å². The van der Waals surface area contributed by atoms with Gasteiger partial charge in [-0.15, -0.1) is 0 Å². The van der Waals surface area contributed by atoms with E-state index in [0.29, 0.717) is 5.92 Å². The van der Waals surface area contributed by atoms with Gasteiger partial charge >= 0.3 is 0 Å². The Morgan fingerprint density at radius 2 is 1.87 bits per heavy atom. The minimum atomic E-state index is 0.489. The van der Waals surface area contributed by atoms with Crippen LogP contribution in [-0.4, -0.2) is 47.2 Å². The average molecular weight is 414 g/mol. The van der Waals surface area contributed by atoms with Gasteiger partial charge in [0, 0.05) is 41.8 Å². The lowest BCUT2D eigenvalue weighted by molar-refractivity contribution is 0.122. The highest BCUT2D eigenvalue weighted by Crippen LogP contribution is 2.33. The van der Waals surface area contributed by atoms with E-state index in [-0.39, 0.29) is 0 Å². The van der Waals surface area contributed by atoms with Crippen LogP contribution >= 0.6 is 0 Å². The van der Waals surface area contributed by atoms with Crippen molar-refractivity contribution in [2.24, 2.45) is 10.9 Å². The topological polar surface area (TPSA) is 66.4 Å². The number of allylic oxidation sites excluding steroid dienone is 1. The molecule has 6 heteroatoms. The molecule has 2 aliphatic heterocycles. The van der Waals surface area contributed by atoms with Gasteiger partial charge in [0.2, 0.25) is 0 Å². The van der Waals surface area contributed by atoms with Gasteiger partial charge in [-0.05, 0) is 49.1 Å². The summed E-state index contributed by atoms with van der Waals surface area (Å²) in [7, 11) is 0. The summed E-state index contributed by atoms with van der Waals surface area (Å²) in [4.78, 5) is 11.8. The molecule has 0 bridgehead atoms. The number of aromatic nitrogens is 3. The van der Waals surface area contributed by atoms with Gasteiger partial charge < -0.3 is 9.64 Å². The van der Waals surface area contributed by atoms with Gasteiger partial charge in [-0.1, -0.05) is 25.1 Å². The number of ether oxygens (including phenoxy) is 1. The average Bonchev–Trinajstić information content (AvgIpc) is 3.32. The minimum absolute atomic E-state index is 0.489. The highest BCUT2D eigenvalue weighted by molar-refractivity contribution is 5.93. The molecule has 1 atom stereocenters. The van der Waals surface area contributed by atoms with E-state index in [1.54, 1.807) is 0 Å². The molecule has 1 N–H and O–H groups in total. The molecule has 2 aliphatic rings. The third kappa shape index (κ3) is 4.03. The fourth-order valence-corrected chi connectivity index (χ4v) is 4.08. The van der Waals surface area contributed by atoms with Crippen molar-refractivity contribution in [2.45, 2.75) is 20.3 Å². The van der Waals surface area contributed by atoms with E-state index in [9.17, 15) is 0 Å². The molecule has 0 spiro atoms. The van der Waals surface area contributed by atoms with Gasteiger partial charge in [-0.25, -0.2) is 0 Å². The van der Waals surface area contributed by atoms with Crippen LogP contribution in [-0.2, 0) is 4.74 Å². The number of H-pyrrole nitrogens is 1. The Morgan fingerprint density at radius 1 is 1.06 bits per heavy atom. The van der Waals surface area contributed by atoms with Crippen LogP contribution in [0.1, 0.15) is 26.0 Å². The number of aromatic amines is 1. The molecule has 0 saturated carbocycles. The lowest BCUT2D eigenvalue weighted by Crippen LogP contribution is -2.36. The third-order valence-electron chi connectivity index (χ3n) is 6.18. The van der Waals surface area contributed by atoms with Crippen molar-refractivity contribution in [2.75, 3.05) is 31.2 Å². The van der Waals surface area contributed by atoms with Crippen LogP contribution < -0.4 is 4.90 Å². The summed E-state index contributed by atoms with van der Waals surface area (Å²) in [6.45, 7) is 7.76. The molecule has 6 nitrogen and oxygen atoms in total. The van der Waals surface area contributed by atoms with Gasteiger partial charge in [0.05, 0.1) is 36.5 Å². The molecule has 0 aliphatic carbocycles. The van der Waals surface area contributed by atoms with Crippen molar-refractivity contribution < 1.29 is 4.74 Å². The van der Waals surface area contributed by atoms with Crippen molar-refractivity contribution in [1.29, 1.82) is 0 Å². The summed E-state index contributed by atoms with van der Waals surface area (Å²) in [5, 5.41) is 7.46. The number of pyridine rings is 1. The van der Waals surface area contributed by atoms with E-state index in [2.05, 4.69) is 70.3 Å². The van der Waals surface area contributed by atoms with Crippen molar-refractivity contribution in [3.8, 4) is 22.4 Å². The molecule has 0 amide bonds. The third-order valence-corrected chi connectivity index (χ3v) is 6.18. The molecule has 158 valence electrons. The molecule has 0 radical (unpaired) electrons. The van der Waals surface area contributed by atoms with Crippen LogP contribution in [0.4, 0.5) is 5.69 Å². The van der Waals surface area contributed by atoms with Crippen LogP contribution in [0.25, 0.3) is 28.1 Å². The SMILES string of the molecule is CC1=NC(c2[nH]ncc2-c2ccnc(-c3ccc(N4CCOCC4)cc3)c2)=CCC1C. The first-order chi connectivity index (χ1) is 15.2. The zero-order chi connectivity index (χ0) is 21.2. The number of anilines is 1. The summed E-state index contributed by atoms with van der Waals surface area (Å²) in [5.74, 6) is 0.489. The number of rotatable bonds is 4. The predicted molar refractivity (Wildman–Crippen MR) is 125 cm³/mol. The van der Waals surface area contributed by atoms with Gasteiger partial charge in [-0.2, -0.15) is 5.10 Å². The van der Waals surface area contributed by atoms with Gasteiger partial charge in [0.15, 0.2) is 0 Å². The standard InChI is InChI=1S/C25H27N5O/c1-17-3-8-23(28-18(17)2)25-22(16-27-29-25)20-9-10-26-24(15-20)19-4-6-21(7-5-19)30-11-13-31-14-12-30/h4-10,15-17H,3,11-14H2,1-2H3,(H,27,29). The molecule has 1 unspecified atom stereocenters. The maximum absolute atomic E-state index is 5.46. The normalized spacial score (nSPS) is 19.2. The Hall–Kier alpha value is -3.25. The predicted octanol–water partition coefficient (Wildman–Crippen LogP) is 4.82. The molecule has 1 aromatic carbocycles. The largest absolute Gasteiger partial charge is 0.378 e. The Labute approximate surface area is 182 Å². The number of nitrogens with one attached hydrogen (secondary N) is 1. The maximum Gasteiger partial charge on any atom is 0.0909 e. The number of morpholine rings is 1. The number of hydrogen-bond donors (Lipinski definition) is 1. The van der Waals surface area contributed by atoms with Crippen LogP contribution in [0.2, 0.25) is 0 Å². The van der Waals surface area contributed by atoms with Crippen LogP contribution in [0, 0.1) is 5.92 Å². The minimum Gasteiger partial charge on any atom is -0.378 e. The Balaban J connectivity index is 1.42. The van der Waals surface area contributed by atoms with E-state index < -0.39 is 0 Å². The Kier molecular flexibility index (Phi) is 5.38. The molecule has 2 aromatic heterocycles. The molecule has 1 saturated heterocycles. The summed E-state index contributed by atoms with van der Waals surface area (Å²) in [6, 6.07) is 12.8. The Bertz CT molecular complexity index is 1120. The summed E-state index contributed by atoms with van der Waals surface area (Å²) < 4.78 is 5.46. The van der Waals surface area contributed by atoms with E-state index in [1.807, 2.05) is 18.5 Å². The summed E-state index contributed by atoms with van der Waals surface area (Å²) >= 11 is 0. The van der Waals surface area contributed by atoms with E-state index in [1.165, 1.54) is 5.69 Å². The number of hydrogen-bond acceptors (Lipinski definition) is 5. The molecular weight excluding hydrogens is 386 g/mol. The first-order valence-corrected chi connectivity index (χ1v) is 10.9. The first kappa shape index (κ1) is 19.7. The lowest BCUT2D eigenvalue weighted by Gasteiger charge is -2.28. The zero-order valence-electron chi connectivity index (χ0n) is 18.0. The Morgan fingerprint density at radius 3 is 2.65 bits per heavy atom. The van der Waals surface area contributed by atoms with Crippen molar-refractivity contribution in [3.05, 3.63) is 60.6 Å². The molecule has 1 fully saturated rings. The highest BCUT2D eigenvalue weighted by Gasteiger charge is 2.18. The van der Waals surface area contributed by atoms with E-state index >= 15 is 0 Å². The van der Waals surface area contributed by atoms with Crippen LogP contribution in [0.3, 0.4) is 0 Å². The quantitative estimate of drug-likeness (QED) is 0.666. The maximum atomic E-state index is 5.46. The first-order valence-electron chi connectivity index (χ1n) is 10.9. The highest BCUT2D eigenvalue weighted by atomic mass is 16.5.